The fraction of sp³-hybridized carbons (Fsp3) is 0.133. The van der Waals surface area contributed by atoms with E-state index < -0.39 is 0 Å². The van der Waals surface area contributed by atoms with Gasteiger partial charge in [0.1, 0.15) is 37.1 Å². The minimum Gasteiger partial charge on any atom is -0.490 e. The van der Waals surface area contributed by atoms with Gasteiger partial charge in [-0.05, 0) is 71.4 Å². The number of carbonyl (C=O) groups is 1. The van der Waals surface area contributed by atoms with Crippen molar-refractivity contribution in [1.29, 1.82) is 0 Å². The number of fused-ring (bicyclic) bond motifs is 2. The van der Waals surface area contributed by atoms with Crippen LogP contribution in [0.2, 0.25) is 0 Å². The third-order valence-corrected chi connectivity index (χ3v) is 5.72. The van der Waals surface area contributed by atoms with Gasteiger partial charge in [-0.25, -0.2) is 9.78 Å². The van der Waals surface area contributed by atoms with Crippen molar-refractivity contribution < 1.29 is 23.7 Å². The minimum atomic E-state index is -0.375. The second-order valence-electron chi connectivity index (χ2n) is 8.17. The minimum absolute atomic E-state index is 0.373. The number of hydrogen-bond donors (Lipinski definition) is 0. The smallest absolute Gasteiger partial charge is 0.337 e. The highest BCUT2D eigenvalue weighted by atomic mass is 16.5. The number of benzene rings is 4. The maximum atomic E-state index is 11.5. The van der Waals surface area contributed by atoms with Crippen molar-refractivity contribution in [2.75, 3.05) is 20.3 Å². The molecule has 0 spiro atoms. The van der Waals surface area contributed by atoms with Crippen molar-refractivity contribution in [3.63, 3.8) is 0 Å². The maximum Gasteiger partial charge on any atom is 0.337 e. The fourth-order valence-electron chi connectivity index (χ4n) is 3.85. The maximum absolute atomic E-state index is 11.5. The van der Waals surface area contributed by atoms with E-state index in [1.54, 1.807) is 24.3 Å². The normalized spacial score (nSPS) is 10.8. The number of nitrogens with zero attached hydrogens (tertiary/aromatic N) is 1. The van der Waals surface area contributed by atoms with E-state index in [9.17, 15) is 4.79 Å². The van der Waals surface area contributed by atoms with Crippen LogP contribution in [0.25, 0.3) is 21.7 Å². The lowest BCUT2D eigenvalue weighted by Gasteiger charge is -2.11. The SMILES string of the molecule is COC(=O)c1ccc(OCCOc2ccc3ccc(OCc4ccc5ccccc5n4)cc3c2)cc1. The summed E-state index contributed by atoms with van der Waals surface area (Å²) in [6, 6.07) is 30.8. The van der Waals surface area contributed by atoms with Crippen LogP contribution in [0.1, 0.15) is 16.1 Å². The van der Waals surface area contributed by atoms with Gasteiger partial charge < -0.3 is 18.9 Å². The topological polar surface area (TPSA) is 66.9 Å². The number of carbonyl (C=O) groups excluding carboxylic acids is 1. The van der Waals surface area contributed by atoms with Crippen LogP contribution in [0.15, 0.2) is 97.1 Å². The average Bonchev–Trinajstić information content (AvgIpc) is 2.93. The van der Waals surface area contributed by atoms with Gasteiger partial charge in [0.05, 0.1) is 23.9 Å². The molecule has 0 N–H and O–H groups in total. The number of aromatic nitrogens is 1. The molecule has 0 bridgehead atoms. The summed E-state index contributed by atoms with van der Waals surface area (Å²) in [5.41, 5.74) is 2.32. The molecule has 36 heavy (non-hydrogen) atoms. The van der Waals surface area contributed by atoms with Crippen LogP contribution < -0.4 is 14.2 Å². The number of para-hydroxylation sites is 1. The molecule has 0 amide bonds. The first kappa shape index (κ1) is 23.2. The third kappa shape index (κ3) is 5.55. The van der Waals surface area contributed by atoms with E-state index in [1.165, 1.54) is 7.11 Å². The molecule has 0 radical (unpaired) electrons. The predicted octanol–water partition coefficient (Wildman–Crippen LogP) is 6.21. The Bertz CT molecular complexity index is 1500. The molecule has 6 nitrogen and oxygen atoms in total. The average molecular weight is 480 g/mol. The molecule has 5 rings (SSSR count). The summed E-state index contributed by atoms with van der Waals surface area (Å²) < 4.78 is 22.3. The molecule has 1 aromatic heterocycles. The molecule has 0 saturated carbocycles. The van der Waals surface area contributed by atoms with E-state index in [2.05, 4.69) is 11.1 Å². The Hall–Kier alpha value is -4.58. The molecule has 0 unspecified atom stereocenters. The van der Waals surface area contributed by atoms with Crippen LogP contribution in [0, 0.1) is 0 Å². The summed E-state index contributed by atoms with van der Waals surface area (Å²) in [6.07, 6.45) is 0. The van der Waals surface area contributed by atoms with Crippen molar-refractivity contribution in [3.05, 3.63) is 108 Å². The molecule has 0 fully saturated rings. The van der Waals surface area contributed by atoms with Gasteiger partial charge in [-0.1, -0.05) is 36.4 Å². The van der Waals surface area contributed by atoms with Crippen LogP contribution >= 0.6 is 0 Å². The fourth-order valence-corrected chi connectivity index (χ4v) is 3.85. The second kappa shape index (κ2) is 10.8. The summed E-state index contributed by atoms with van der Waals surface area (Å²) in [5, 5.41) is 3.23. The van der Waals surface area contributed by atoms with Crippen molar-refractivity contribution in [2.24, 2.45) is 0 Å². The summed E-state index contributed by atoms with van der Waals surface area (Å²) in [7, 11) is 1.36. The van der Waals surface area contributed by atoms with Crippen LogP contribution in [-0.2, 0) is 11.3 Å². The van der Waals surface area contributed by atoms with Crippen molar-refractivity contribution in [2.45, 2.75) is 6.61 Å². The van der Waals surface area contributed by atoms with Crippen LogP contribution in [-0.4, -0.2) is 31.3 Å². The van der Waals surface area contributed by atoms with E-state index in [4.69, 9.17) is 18.9 Å². The zero-order valence-corrected chi connectivity index (χ0v) is 19.8. The highest BCUT2D eigenvalue weighted by Crippen LogP contribution is 2.26. The lowest BCUT2D eigenvalue weighted by atomic mass is 10.1. The van der Waals surface area contributed by atoms with Gasteiger partial charge in [0.2, 0.25) is 0 Å². The van der Waals surface area contributed by atoms with Gasteiger partial charge in [-0.2, -0.15) is 0 Å². The van der Waals surface area contributed by atoms with Gasteiger partial charge in [0.15, 0.2) is 0 Å². The first-order chi connectivity index (χ1) is 17.7. The molecule has 180 valence electrons. The van der Waals surface area contributed by atoms with Crippen LogP contribution in [0.4, 0.5) is 0 Å². The van der Waals surface area contributed by atoms with E-state index in [0.29, 0.717) is 31.1 Å². The largest absolute Gasteiger partial charge is 0.490 e. The molecule has 6 heteroatoms. The number of ether oxygens (including phenoxy) is 4. The lowest BCUT2D eigenvalue weighted by Crippen LogP contribution is -2.09. The quantitative estimate of drug-likeness (QED) is 0.185. The standard InChI is InChI=1S/C30H25NO5/c1-33-30(32)23-9-12-26(13-10-23)34-16-17-35-27-14-7-21-8-15-28(19-24(21)18-27)36-20-25-11-6-22-4-2-3-5-29(22)31-25/h2-15,18-19H,16-17,20H2,1H3. The Kier molecular flexibility index (Phi) is 6.94. The Morgan fingerprint density at radius 2 is 1.31 bits per heavy atom. The molecular formula is C30H25NO5. The van der Waals surface area contributed by atoms with Gasteiger partial charge in [-0.15, -0.1) is 0 Å². The van der Waals surface area contributed by atoms with Crippen molar-refractivity contribution in [1.82, 2.24) is 4.98 Å². The van der Waals surface area contributed by atoms with Crippen molar-refractivity contribution >= 4 is 27.6 Å². The number of methoxy groups -OCH3 is 1. The Labute approximate surface area is 209 Å². The monoisotopic (exact) mass is 479 g/mol. The highest BCUT2D eigenvalue weighted by molar-refractivity contribution is 5.89. The Morgan fingerprint density at radius 3 is 2.06 bits per heavy atom. The van der Waals surface area contributed by atoms with Gasteiger partial charge in [0.25, 0.3) is 0 Å². The summed E-state index contributed by atoms with van der Waals surface area (Å²) in [6.45, 7) is 1.15. The lowest BCUT2D eigenvalue weighted by molar-refractivity contribution is 0.0600. The predicted molar refractivity (Wildman–Crippen MR) is 139 cm³/mol. The van der Waals surface area contributed by atoms with Gasteiger partial charge >= 0.3 is 5.97 Å². The number of hydrogen-bond acceptors (Lipinski definition) is 6. The number of rotatable bonds is 9. The van der Waals surface area contributed by atoms with E-state index in [-0.39, 0.29) is 5.97 Å². The first-order valence-electron chi connectivity index (χ1n) is 11.6. The third-order valence-electron chi connectivity index (χ3n) is 5.72. The van der Waals surface area contributed by atoms with E-state index in [1.807, 2.05) is 66.7 Å². The molecular weight excluding hydrogens is 454 g/mol. The molecule has 0 aliphatic carbocycles. The zero-order chi connectivity index (χ0) is 24.7. The Balaban J connectivity index is 1.16. The molecule has 1 heterocycles. The van der Waals surface area contributed by atoms with Crippen LogP contribution in [0.5, 0.6) is 17.2 Å². The molecule has 0 aliphatic heterocycles. The molecule has 0 atom stereocenters. The van der Waals surface area contributed by atoms with Gasteiger partial charge in [-0.3, -0.25) is 0 Å². The summed E-state index contributed by atoms with van der Waals surface area (Å²) in [5.74, 6) is 1.81. The zero-order valence-electron chi connectivity index (χ0n) is 19.8. The molecule has 0 saturated heterocycles. The Morgan fingerprint density at radius 1 is 0.667 bits per heavy atom. The van der Waals surface area contributed by atoms with E-state index >= 15 is 0 Å². The van der Waals surface area contributed by atoms with Crippen molar-refractivity contribution in [3.8, 4) is 17.2 Å². The number of esters is 1. The molecule has 4 aromatic carbocycles. The summed E-state index contributed by atoms with van der Waals surface area (Å²) >= 11 is 0. The van der Waals surface area contributed by atoms with Crippen LogP contribution in [0.3, 0.4) is 0 Å². The molecule has 0 aliphatic rings. The highest BCUT2D eigenvalue weighted by Gasteiger charge is 2.06. The second-order valence-corrected chi connectivity index (χ2v) is 8.17. The van der Waals surface area contributed by atoms with Gasteiger partial charge in [0, 0.05) is 5.39 Å². The van der Waals surface area contributed by atoms with E-state index in [0.717, 1.165) is 38.9 Å². The molecule has 5 aromatic rings. The number of pyridine rings is 1. The first-order valence-corrected chi connectivity index (χ1v) is 11.6. The summed E-state index contributed by atoms with van der Waals surface area (Å²) in [4.78, 5) is 16.2.